The highest BCUT2D eigenvalue weighted by Crippen LogP contribution is 2.27. The zero-order valence-corrected chi connectivity index (χ0v) is 13.3. The highest BCUT2D eigenvalue weighted by molar-refractivity contribution is 5.93. The minimum Gasteiger partial charge on any atom is -0.478 e. The maximum atomic E-state index is 12.0. The molecular formula is C18H19NO4. The number of carboxylic acid groups (broad SMARTS) is 1. The number of carbonyl (C=O) groups is 2. The molecule has 5 nitrogen and oxygen atoms in total. The SMILES string of the molecule is CC(C)(C)OC(=O)c1ccc(-c2ccc(C(=O)O)cc2)c(N)c1. The van der Waals surface area contributed by atoms with Crippen molar-refractivity contribution in [2.75, 3.05) is 5.73 Å². The van der Waals surface area contributed by atoms with Crippen LogP contribution in [0.25, 0.3) is 11.1 Å². The first-order chi connectivity index (χ1) is 10.7. The van der Waals surface area contributed by atoms with Crippen molar-refractivity contribution in [3.63, 3.8) is 0 Å². The number of aromatic carboxylic acids is 1. The Kier molecular flexibility index (Phi) is 4.40. The van der Waals surface area contributed by atoms with Crippen LogP contribution in [0.4, 0.5) is 5.69 Å². The monoisotopic (exact) mass is 313 g/mol. The lowest BCUT2D eigenvalue weighted by atomic mass is 10.0. The van der Waals surface area contributed by atoms with Gasteiger partial charge in [0.2, 0.25) is 0 Å². The topological polar surface area (TPSA) is 89.6 Å². The molecule has 0 saturated carbocycles. The predicted octanol–water partition coefficient (Wildman–Crippen LogP) is 3.59. The van der Waals surface area contributed by atoms with Crippen molar-refractivity contribution in [3.8, 4) is 11.1 Å². The molecule has 120 valence electrons. The zero-order valence-electron chi connectivity index (χ0n) is 13.3. The first-order valence-electron chi connectivity index (χ1n) is 7.14. The van der Waals surface area contributed by atoms with Crippen molar-refractivity contribution < 1.29 is 19.4 Å². The molecular weight excluding hydrogens is 294 g/mol. The molecule has 0 fully saturated rings. The number of hydrogen-bond acceptors (Lipinski definition) is 4. The minimum absolute atomic E-state index is 0.206. The lowest BCUT2D eigenvalue weighted by Crippen LogP contribution is -2.23. The number of nitrogens with two attached hydrogens (primary N) is 1. The normalized spacial score (nSPS) is 11.1. The fraction of sp³-hybridized carbons (Fsp3) is 0.222. The first-order valence-corrected chi connectivity index (χ1v) is 7.14. The van der Waals surface area contributed by atoms with Crippen LogP contribution in [0.2, 0.25) is 0 Å². The summed E-state index contributed by atoms with van der Waals surface area (Å²) < 4.78 is 5.31. The second kappa shape index (κ2) is 6.12. The molecule has 0 bridgehead atoms. The fourth-order valence-corrected chi connectivity index (χ4v) is 2.08. The van der Waals surface area contributed by atoms with Crippen molar-refractivity contribution in [1.82, 2.24) is 0 Å². The Morgan fingerprint density at radius 3 is 2.04 bits per heavy atom. The predicted molar refractivity (Wildman–Crippen MR) is 88.4 cm³/mol. The molecule has 2 rings (SSSR count). The third-order valence-corrected chi connectivity index (χ3v) is 3.13. The quantitative estimate of drug-likeness (QED) is 0.667. The summed E-state index contributed by atoms with van der Waals surface area (Å²) in [6, 6.07) is 11.3. The van der Waals surface area contributed by atoms with Crippen molar-refractivity contribution in [3.05, 3.63) is 53.6 Å². The number of ether oxygens (including phenoxy) is 1. The number of carboxylic acids is 1. The van der Waals surface area contributed by atoms with E-state index in [4.69, 9.17) is 15.6 Å². The Bertz CT molecular complexity index is 743. The van der Waals surface area contributed by atoms with Crippen LogP contribution >= 0.6 is 0 Å². The molecule has 0 aliphatic rings. The van der Waals surface area contributed by atoms with E-state index in [9.17, 15) is 9.59 Å². The molecule has 5 heteroatoms. The van der Waals surface area contributed by atoms with Gasteiger partial charge in [-0.05, 0) is 50.6 Å². The molecule has 3 N–H and O–H groups in total. The molecule has 0 atom stereocenters. The van der Waals surface area contributed by atoms with Crippen LogP contribution in [0.5, 0.6) is 0 Å². The molecule has 0 radical (unpaired) electrons. The van der Waals surface area contributed by atoms with Crippen molar-refractivity contribution in [2.45, 2.75) is 26.4 Å². The van der Waals surface area contributed by atoms with Gasteiger partial charge < -0.3 is 15.6 Å². The van der Waals surface area contributed by atoms with E-state index in [2.05, 4.69) is 0 Å². The highest BCUT2D eigenvalue weighted by atomic mass is 16.6. The van der Waals surface area contributed by atoms with Crippen LogP contribution in [0.1, 0.15) is 41.5 Å². The van der Waals surface area contributed by atoms with Crippen LogP contribution in [-0.2, 0) is 4.74 Å². The lowest BCUT2D eigenvalue weighted by molar-refractivity contribution is 0.00694. The van der Waals surface area contributed by atoms with E-state index in [0.29, 0.717) is 11.3 Å². The third-order valence-electron chi connectivity index (χ3n) is 3.13. The molecule has 0 spiro atoms. The van der Waals surface area contributed by atoms with Gasteiger partial charge in [-0.3, -0.25) is 0 Å². The summed E-state index contributed by atoms with van der Waals surface area (Å²) in [7, 11) is 0. The van der Waals surface area contributed by atoms with E-state index in [1.165, 1.54) is 12.1 Å². The Balaban J connectivity index is 2.29. The molecule has 0 aliphatic heterocycles. The van der Waals surface area contributed by atoms with Gasteiger partial charge in [-0.25, -0.2) is 9.59 Å². The molecule has 2 aromatic rings. The largest absolute Gasteiger partial charge is 0.478 e. The number of esters is 1. The van der Waals surface area contributed by atoms with Gasteiger partial charge >= 0.3 is 11.9 Å². The molecule has 0 saturated heterocycles. The maximum Gasteiger partial charge on any atom is 0.338 e. The smallest absolute Gasteiger partial charge is 0.338 e. The molecule has 0 unspecified atom stereocenters. The van der Waals surface area contributed by atoms with Gasteiger partial charge in [-0.15, -0.1) is 0 Å². The van der Waals surface area contributed by atoms with Gasteiger partial charge in [0.05, 0.1) is 11.1 Å². The Labute approximate surface area is 134 Å². The first kappa shape index (κ1) is 16.5. The lowest BCUT2D eigenvalue weighted by Gasteiger charge is -2.19. The van der Waals surface area contributed by atoms with E-state index in [0.717, 1.165) is 11.1 Å². The summed E-state index contributed by atoms with van der Waals surface area (Å²) in [5.41, 5.74) is 7.98. The van der Waals surface area contributed by atoms with E-state index in [-0.39, 0.29) is 5.56 Å². The Hall–Kier alpha value is -2.82. The molecule has 2 aromatic carbocycles. The van der Waals surface area contributed by atoms with Crippen LogP contribution in [0, 0.1) is 0 Å². The average Bonchev–Trinajstić information content (AvgIpc) is 2.45. The number of rotatable bonds is 3. The Morgan fingerprint density at radius 1 is 1.00 bits per heavy atom. The number of hydrogen-bond donors (Lipinski definition) is 2. The number of nitrogen functional groups attached to an aromatic ring is 1. The third kappa shape index (κ3) is 4.10. The second-order valence-corrected chi connectivity index (χ2v) is 6.19. The van der Waals surface area contributed by atoms with Crippen LogP contribution in [0.15, 0.2) is 42.5 Å². The van der Waals surface area contributed by atoms with E-state index in [1.807, 2.05) is 0 Å². The standard InChI is InChI=1S/C18H19NO4/c1-18(2,3)23-17(22)13-8-9-14(15(19)10-13)11-4-6-12(7-5-11)16(20)21/h4-10H,19H2,1-3H3,(H,20,21). The van der Waals surface area contributed by atoms with Gasteiger partial charge in [0.1, 0.15) is 5.60 Å². The van der Waals surface area contributed by atoms with Crippen molar-refractivity contribution in [2.24, 2.45) is 0 Å². The minimum atomic E-state index is -0.982. The van der Waals surface area contributed by atoms with Gasteiger partial charge in [-0.1, -0.05) is 18.2 Å². The van der Waals surface area contributed by atoms with Gasteiger partial charge in [0.25, 0.3) is 0 Å². The van der Waals surface area contributed by atoms with Gasteiger partial charge in [0, 0.05) is 11.3 Å². The Morgan fingerprint density at radius 2 is 1.57 bits per heavy atom. The number of carbonyl (C=O) groups excluding carboxylic acids is 1. The maximum absolute atomic E-state index is 12.0. The summed E-state index contributed by atoms with van der Waals surface area (Å²) in [5.74, 6) is -1.42. The van der Waals surface area contributed by atoms with Gasteiger partial charge in [-0.2, -0.15) is 0 Å². The van der Waals surface area contributed by atoms with Gasteiger partial charge in [0.15, 0.2) is 0 Å². The molecule has 0 aliphatic carbocycles. The zero-order chi connectivity index (χ0) is 17.2. The van der Waals surface area contributed by atoms with Crippen LogP contribution < -0.4 is 5.73 Å². The number of benzene rings is 2. The molecule has 23 heavy (non-hydrogen) atoms. The summed E-state index contributed by atoms with van der Waals surface area (Å²) >= 11 is 0. The summed E-state index contributed by atoms with van der Waals surface area (Å²) in [6.45, 7) is 5.39. The highest BCUT2D eigenvalue weighted by Gasteiger charge is 2.18. The van der Waals surface area contributed by atoms with Crippen molar-refractivity contribution in [1.29, 1.82) is 0 Å². The summed E-state index contributed by atoms with van der Waals surface area (Å²) in [6.07, 6.45) is 0. The average molecular weight is 313 g/mol. The number of anilines is 1. The molecule has 0 amide bonds. The van der Waals surface area contributed by atoms with E-state index in [1.54, 1.807) is 51.1 Å². The molecule has 0 aromatic heterocycles. The van der Waals surface area contributed by atoms with E-state index < -0.39 is 17.5 Å². The fourth-order valence-electron chi connectivity index (χ4n) is 2.08. The summed E-state index contributed by atoms with van der Waals surface area (Å²) in [4.78, 5) is 22.9. The second-order valence-electron chi connectivity index (χ2n) is 6.19. The summed E-state index contributed by atoms with van der Waals surface area (Å²) in [5, 5.41) is 8.92. The van der Waals surface area contributed by atoms with Crippen LogP contribution in [-0.4, -0.2) is 22.6 Å². The van der Waals surface area contributed by atoms with E-state index >= 15 is 0 Å². The van der Waals surface area contributed by atoms with Crippen molar-refractivity contribution >= 4 is 17.6 Å². The van der Waals surface area contributed by atoms with Crippen LogP contribution in [0.3, 0.4) is 0 Å². The molecule has 0 heterocycles.